The van der Waals surface area contributed by atoms with Crippen molar-refractivity contribution in [2.75, 3.05) is 39.3 Å². The Balaban J connectivity index is 1.53. The predicted molar refractivity (Wildman–Crippen MR) is 95.3 cm³/mol. The number of rotatable bonds is 3. The molecule has 0 bridgehead atoms. The van der Waals surface area contributed by atoms with Gasteiger partial charge < -0.3 is 10.0 Å². The number of β-amino-alcohol motifs (C(OH)–C–C–N with tert-alkyl or cyclic N) is 1. The zero-order valence-corrected chi connectivity index (χ0v) is 15.1. The lowest BCUT2D eigenvalue weighted by molar-refractivity contribution is -0.108. The van der Waals surface area contributed by atoms with Crippen molar-refractivity contribution in [1.82, 2.24) is 19.7 Å². The van der Waals surface area contributed by atoms with Crippen LogP contribution in [0.25, 0.3) is 0 Å². The lowest BCUT2D eigenvalue weighted by Crippen LogP contribution is -2.78. The van der Waals surface area contributed by atoms with Crippen molar-refractivity contribution in [2.45, 2.75) is 38.0 Å². The molecule has 0 radical (unpaired) electrons. The first kappa shape index (κ1) is 16.9. The number of carbonyl (C=O) groups is 1. The van der Waals surface area contributed by atoms with Crippen LogP contribution >= 0.6 is 0 Å². The lowest BCUT2D eigenvalue weighted by Gasteiger charge is -2.61. The molecule has 4 rings (SSSR count). The number of carbonyl (C=O) groups excluding carboxylic acids is 1. The minimum Gasteiger partial charge on any atom is -0.392 e. The van der Waals surface area contributed by atoms with Crippen LogP contribution in [0.1, 0.15) is 30.6 Å². The SMILES string of the molecule is CC(C)CN1CC2(C1)CN(C(=O)c1cccnc1)C[C@H]1C[C@@H](O)CN12. The number of nitrogens with zero attached hydrogens (tertiary/aromatic N) is 4. The average molecular weight is 344 g/mol. The summed E-state index contributed by atoms with van der Waals surface area (Å²) in [4.78, 5) is 24.0. The Morgan fingerprint density at radius 3 is 2.84 bits per heavy atom. The van der Waals surface area contributed by atoms with Gasteiger partial charge in [-0.05, 0) is 24.5 Å². The van der Waals surface area contributed by atoms with Crippen LogP contribution in [0.4, 0.5) is 0 Å². The van der Waals surface area contributed by atoms with Crippen molar-refractivity contribution < 1.29 is 9.90 Å². The minimum absolute atomic E-state index is 0.00710. The number of piperazine rings is 1. The van der Waals surface area contributed by atoms with Crippen molar-refractivity contribution in [3.8, 4) is 0 Å². The van der Waals surface area contributed by atoms with Crippen molar-refractivity contribution in [3.63, 3.8) is 0 Å². The predicted octanol–water partition coefficient (Wildman–Crippen LogP) is 0.683. The summed E-state index contributed by atoms with van der Waals surface area (Å²) in [6, 6.07) is 3.92. The number of pyridine rings is 1. The highest BCUT2D eigenvalue weighted by molar-refractivity contribution is 5.94. The summed E-state index contributed by atoms with van der Waals surface area (Å²) in [6.07, 6.45) is 3.84. The minimum atomic E-state index is -0.269. The van der Waals surface area contributed by atoms with Crippen LogP contribution in [0.5, 0.6) is 0 Å². The second-order valence-corrected chi connectivity index (χ2v) is 8.41. The normalized spacial score (nSPS) is 29.0. The van der Waals surface area contributed by atoms with Gasteiger partial charge in [-0.2, -0.15) is 0 Å². The molecule has 3 aliphatic rings. The molecule has 0 aliphatic carbocycles. The molecule has 0 unspecified atom stereocenters. The van der Waals surface area contributed by atoms with E-state index < -0.39 is 0 Å². The van der Waals surface area contributed by atoms with Crippen LogP contribution in [-0.4, -0.2) is 87.7 Å². The number of hydrogen-bond acceptors (Lipinski definition) is 5. The van der Waals surface area contributed by atoms with E-state index in [1.54, 1.807) is 12.4 Å². The van der Waals surface area contributed by atoms with Gasteiger partial charge in [0.15, 0.2) is 0 Å². The number of aromatic nitrogens is 1. The lowest BCUT2D eigenvalue weighted by atomic mass is 9.83. The van der Waals surface area contributed by atoms with Crippen LogP contribution in [-0.2, 0) is 0 Å². The van der Waals surface area contributed by atoms with Gasteiger partial charge in [-0.25, -0.2) is 0 Å². The molecule has 0 saturated carbocycles. The van der Waals surface area contributed by atoms with Crippen LogP contribution in [0.15, 0.2) is 24.5 Å². The quantitative estimate of drug-likeness (QED) is 0.874. The fourth-order valence-electron chi connectivity index (χ4n) is 4.95. The highest BCUT2D eigenvalue weighted by Gasteiger charge is 2.56. The number of likely N-dealkylation sites (tertiary alicyclic amines) is 1. The fourth-order valence-corrected chi connectivity index (χ4v) is 4.95. The second kappa shape index (κ2) is 6.34. The van der Waals surface area contributed by atoms with E-state index in [0.29, 0.717) is 18.0 Å². The zero-order valence-electron chi connectivity index (χ0n) is 15.1. The topological polar surface area (TPSA) is 59.9 Å². The van der Waals surface area contributed by atoms with Crippen LogP contribution in [0.2, 0.25) is 0 Å². The van der Waals surface area contributed by atoms with Crippen molar-refractivity contribution >= 4 is 5.91 Å². The van der Waals surface area contributed by atoms with Crippen LogP contribution in [0.3, 0.4) is 0 Å². The Morgan fingerprint density at radius 1 is 1.36 bits per heavy atom. The standard InChI is InChI=1S/C19H28N4O2/c1-14(2)8-21-11-19(12-21)13-22(9-16-6-17(24)10-23(16)19)18(25)15-4-3-5-20-7-15/h3-5,7,14,16-17,24H,6,8-13H2,1-2H3/t16-,17-/m1/s1. The van der Waals surface area contributed by atoms with Gasteiger partial charge in [0.1, 0.15) is 0 Å². The Bertz CT molecular complexity index is 630. The van der Waals surface area contributed by atoms with E-state index in [9.17, 15) is 9.90 Å². The molecule has 4 heterocycles. The summed E-state index contributed by atoms with van der Waals surface area (Å²) < 4.78 is 0. The number of aliphatic hydroxyl groups is 1. The maximum atomic E-state index is 12.9. The van der Waals surface area contributed by atoms with Crippen molar-refractivity contribution in [1.29, 1.82) is 0 Å². The third kappa shape index (κ3) is 3.07. The van der Waals surface area contributed by atoms with Gasteiger partial charge in [-0.15, -0.1) is 0 Å². The number of amides is 1. The summed E-state index contributed by atoms with van der Waals surface area (Å²) in [7, 11) is 0. The van der Waals surface area contributed by atoms with E-state index in [-0.39, 0.29) is 23.6 Å². The Morgan fingerprint density at radius 2 is 2.16 bits per heavy atom. The fraction of sp³-hybridized carbons (Fsp3) is 0.684. The molecule has 136 valence electrons. The molecular weight excluding hydrogens is 316 g/mol. The van der Waals surface area contributed by atoms with Gasteiger partial charge in [-0.3, -0.25) is 19.6 Å². The zero-order chi connectivity index (χ0) is 17.6. The van der Waals surface area contributed by atoms with Crippen molar-refractivity contribution in [3.05, 3.63) is 30.1 Å². The first-order chi connectivity index (χ1) is 12.0. The molecule has 1 aromatic heterocycles. The van der Waals surface area contributed by atoms with Gasteiger partial charge in [0.05, 0.1) is 17.2 Å². The summed E-state index contributed by atoms with van der Waals surface area (Å²) in [5.74, 6) is 0.713. The van der Waals surface area contributed by atoms with Gasteiger partial charge in [0.25, 0.3) is 5.91 Å². The van der Waals surface area contributed by atoms with E-state index in [1.807, 2.05) is 17.0 Å². The molecule has 1 N–H and O–H groups in total. The van der Waals surface area contributed by atoms with E-state index in [4.69, 9.17) is 0 Å². The molecule has 1 aromatic rings. The molecule has 0 aromatic carbocycles. The molecule has 3 saturated heterocycles. The molecule has 3 aliphatic heterocycles. The van der Waals surface area contributed by atoms with Crippen LogP contribution in [0, 0.1) is 5.92 Å². The van der Waals surface area contributed by atoms with E-state index in [2.05, 4.69) is 28.6 Å². The van der Waals surface area contributed by atoms with Gasteiger partial charge >= 0.3 is 0 Å². The maximum absolute atomic E-state index is 12.9. The summed E-state index contributed by atoms with van der Waals surface area (Å²) >= 11 is 0. The van der Waals surface area contributed by atoms with Gasteiger partial charge in [0.2, 0.25) is 0 Å². The molecular formula is C19H28N4O2. The molecule has 3 fully saturated rings. The van der Waals surface area contributed by atoms with E-state index in [1.165, 1.54) is 0 Å². The average Bonchev–Trinajstić information content (AvgIpc) is 2.93. The highest BCUT2D eigenvalue weighted by Crippen LogP contribution is 2.39. The molecule has 6 heteroatoms. The summed E-state index contributed by atoms with van der Waals surface area (Å²) in [5, 5.41) is 10.2. The van der Waals surface area contributed by atoms with Gasteiger partial charge in [0, 0.05) is 57.7 Å². The highest BCUT2D eigenvalue weighted by atomic mass is 16.3. The third-order valence-corrected chi connectivity index (χ3v) is 5.77. The molecule has 1 spiro atoms. The monoisotopic (exact) mass is 344 g/mol. The maximum Gasteiger partial charge on any atom is 0.255 e. The first-order valence-electron chi connectivity index (χ1n) is 9.33. The van der Waals surface area contributed by atoms with Gasteiger partial charge in [-0.1, -0.05) is 13.8 Å². The van der Waals surface area contributed by atoms with Crippen molar-refractivity contribution in [2.24, 2.45) is 5.92 Å². The summed E-state index contributed by atoms with van der Waals surface area (Å²) in [5.41, 5.74) is 0.663. The smallest absolute Gasteiger partial charge is 0.255 e. The third-order valence-electron chi connectivity index (χ3n) is 5.77. The number of hydrogen-bond donors (Lipinski definition) is 1. The largest absolute Gasteiger partial charge is 0.392 e. The van der Waals surface area contributed by atoms with E-state index in [0.717, 1.165) is 39.1 Å². The Kier molecular flexibility index (Phi) is 4.30. The number of aliphatic hydroxyl groups excluding tert-OH is 1. The molecule has 6 nitrogen and oxygen atoms in total. The van der Waals surface area contributed by atoms with Crippen LogP contribution < -0.4 is 0 Å². The molecule has 1 amide bonds. The Labute approximate surface area is 149 Å². The first-order valence-corrected chi connectivity index (χ1v) is 9.33. The van der Waals surface area contributed by atoms with E-state index >= 15 is 0 Å². The molecule has 2 atom stereocenters. The second-order valence-electron chi connectivity index (χ2n) is 8.41. The molecule has 25 heavy (non-hydrogen) atoms. The Hall–Kier alpha value is -1.50. The number of fused-ring (bicyclic) bond motifs is 2. The summed E-state index contributed by atoms with van der Waals surface area (Å²) in [6.45, 7) is 9.76.